The minimum atomic E-state index is 0.0848. The molecule has 1 aromatic heterocycles. The standard InChI is InChI=1S/C22H27N3O2S/c26-21(24-16-19-5-4-12-23-15-19)9-8-18-10-13-25(14-11-18)22(27)17-28-20-6-2-1-3-7-20/h1-7,12,15,18H,8-11,13-14,16-17H2,(H,24,26). The van der Waals surface area contributed by atoms with Gasteiger partial charge >= 0.3 is 0 Å². The predicted molar refractivity (Wildman–Crippen MR) is 112 cm³/mol. The number of nitrogens with zero attached hydrogens (tertiary/aromatic N) is 2. The highest BCUT2D eigenvalue weighted by molar-refractivity contribution is 8.00. The largest absolute Gasteiger partial charge is 0.352 e. The zero-order valence-corrected chi connectivity index (χ0v) is 16.9. The van der Waals surface area contributed by atoms with Gasteiger partial charge in [0.2, 0.25) is 11.8 Å². The molecule has 2 heterocycles. The van der Waals surface area contributed by atoms with Crippen LogP contribution in [0.2, 0.25) is 0 Å². The summed E-state index contributed by atoms with van der Waals surface area (Å²) >= 11 is 1.59. The molecule has 1 saturated heterocycles. The number of nitrogens with one attached hydrogen (secondary N) is 1. The van der Waals surface area contributed by atoms with Crippen molar-refractivity contribution >= 4 is 23.6 Å². The number of rotatable bonds is 8. The van der Waals surface area contributed by atoms with Crippen LogP contribution in [0, 0.1) is 5.92 Å². The summed E-state index contributed by atoms with van der Waals surface area (Å²) in [4.78, 5) is 31.6. The van der Waals surface area contributed by atoms with Crippen molar-refractivity contribution in [3.05, 3.63) is 60.4 Å². The number of likely N-dealkylation sites (tertiary alicyclic amines) is 1. The Morgan fingerprint density at radius 1 is 1.11 bits per heavy atom. The van der Waals surface area contributed by atoms with E-state index in [-0.39, 0.29) is 11.8 Å². The van der Waals surface area contributed by atoms with Crippen molar-refractivity contribution in [2.45, 2.75) is 37.1 Å². The highest BCUT2D eigenvalue weighted by atomic mass is 32.2. The first-order chi connectivity index (χ1) is 13.7. The zero-order valence-electron chi connectivity index (χ0n) is 16.0. The van der Waals surface area contributed by atoms with Crippen LogP contribution in [0.4, 0.5) is 0 Å². The molecule has 2 amide bonds. The molecule has 148 valence electrons. The van der Waals surface area contributed by atoms with Crippen molar-refractivity contribution in [1.29, 1.82) is 0 Å². The number of hydrogen-bond acceptors (Lipinski definition) is 4. The van der Waals surface area contributed by atoms with E-state index in [4.69, 9.17) is 0 Å². The van der Waals surface area contributed by atoms with Crippen molar-refractivity contribution in [3.8, 4) is 0 Å². The lowest BCUT2D eigenvalue weighted by Crippen LogP contribution is -2.39. The Morgan fingerprint density at radius 3 is 2.61 bits per heavy atom. The van der Waals surface area contributed by atoms with Crippen molar-refractivity contribution in [2.24, 2.45) is 5.92 Å². The maximum absolute atomic E-state index is 12.4. The van der Waals surface area contributed by atoms with E-state index in [0.29, 0.717) is 24.6 Å². The van der Waals surface area contributed by atoms with Gasteiger partial charge < -0.3 is 10.2 Å². The summed E-state index contributed by atoms with van der Waals surface area (Å²) in [7, 11) is 0. The number of piperidine rings is 1. The molecule has 0 aliphatic carbocycles. The molecule has 1 aromatic carbocycles. The van der Waals surface area contributed by atoms with E-state index in [1.165, 1.54) is 0 Å². The summed E-state index contributed by atoms with van der Waals surface area (Å²) in [6.07, 6.45) is 6.89. The SMILES string of the molecule is O=C(CCC1CCN(C(=O)CSc2ccccc2)CC1)NCc1cccnc1. The molecule has 1 aliphatic heterocycles. The predicted octanol–water partition coefficient (Wildman–Crippen LogP) is 3.51. The Balaban J connectivity index is 1.30. The Labute approximate surface area is 170 Å². The number of carbonyl (C=O) groups excluding carboxylic acids is 2. The Hall–Kier alpha value is -2.34. The van der Waals surface area contributed by atoms with E-state index >= 15 is 0 Å². The molecule has 28 heavy (non-hydrogen) atoms. The zero-order chi connectivity index (χ0) is 19.6. The molecule has 0 unspecified atom stereocenters. The van der Waals surface area contributed by atoms with E-state index in [1.807, 2.05) is 47.4 Å². The summed E-state index contributed by atoms with van der Waals surface area (Å²) in [6, 6.07) is 13.9. The van der Waals surface area contributed by atoms with Crippen LogP contribution in [-0.2, 0) is 16.1 Å². The molecule has 0 radical (unpaired) electrons. The first-order valence-corrected chi connectivity index (χ1v) is 10.8. The van der Waals surface area contributed by atoms with Gasteiger partial charge in [0, 0.05) is 43.3 Å². The minimum Gasteiger partial charge on any atom is -0.352 e. The highest BCUT2D eigenvalue weighted by Gasteiger charge is 2.23. The summed E-state index contributed by atoms with van der Waals surface area (Å²) in [5, 5.41) is 2.95. The van der Waals surface area contributed by atoms with Crippen LogP contribution in [0.5, 0.6) is 0 Å². The van der Waals surface area contributed by atoms with E-state index in [1.54, 1.807) is 24.2 Å². The fourth-order valence-electron chi connectivity index (χ4n) is 3.35. The average Bonchev–Trinajstić information content (AvgIpc) is 2.76. The molecule has 0 saturated carbocycles. The molecule has 0 bridgehead atoms. The summed E-state index contributed by atoms with van der Waals surface area (Å²) in [5.41, 5.74) is 1.01. The topological polar surface area (TPSA) is 62.3 Å². The molecule has 5 nitrogen and oxygen atoms in total. The van der Waals surface area contributed by atoms with Crippen LogP contribution >= 0.6 is 11.8 Å². The van der Waals surface area contributed by atoms with Gasteiger partial charge in [-0.25, -0.2) is 0 Å². The van der Waals surface area contributed by atoms with Gasteiger partial charge in [0.25, 0.3) is 0 Å². The molecule has 1 fully saturated rings. The van der Waals surface area contributed by atoms with Crippen molar-refractivity contribution < 1.29 is 9.59 Å². The highest BCUT2D eigenvalue weighted by Crippen LogP contribution is 2.23. The maximum atomic E-state index is 12.4. The van der Waals surface area contributed by atoms with Crippen molar-refractivity contribution in [1.82, 2.24) is 15.2 Å². The molecule has 6 heteroatoms. The van der Waals surface area contributed by atoms with E-state index in [0.717, 1.165) is 42.8 Å². The van der Waals surface area contributed by atoms with Crippen LogP contribution in [0.1, 0.15) is 31.2 Å². The van der Waals surface area contributed by atoms with Gasteiger partial charge in [-0.2, -0.15) is 0 Å². The quantitative estimate of drug-likeness (QED) is 0.693. The minimum absolute atomic E-state index is 0.0848. The summed E-state index contributed by atoms with van der Waals surface area (Å²) in [5.74, 6) is 1.31. The second-order valence-corrected chi connectivity index (χ2v) is 8.15. The van der Waals surface area contributed by atoms with Crippen LogP contribution in [-0.4, -0.2) is 40.5 Å². The van der Waals surface area contributed by atoms with Gasteiger partial charge in [-0.1, -0.05) is 24.3 Å². The Morgan fingerprint density at radius 2 is 1.89 bits per heavy atom. The van der Waals surface area contributed by atoms with E-state index in [2.05, 4.69) is 10.3 Å². The fraction of sp³-hybridized carbons (Fsp3) is 0.409. The van der Waals surface area contributed by atoms with Crippen molar-refractivity contribution in [3.63, 3.8) is 0 Å². The summed E-state index contributed by atoms with van der Waals surface area (Å²) < 4.78 is 0. The third-order valence-corrected chi connectivity index (χ3v) is 6.06. The number of pyridine rings is 1. The van der Waals surface area contributed by atoms with Gasteiger partial charge in [-0.05, 0) is 48.9 Å². The van der Waals surface area contributed by atoms with E-state index < -0.39 is 0 Å². The Bertz CT molecular complexity index is 747. The Kier molecular flexibility index (Phi) is 7.91. The number of amides is 2. The monoisotopic (exact) mass is 397 g/mol. The summed E-state index contributed by atoms with van der Waals surface area (Å²) in [6.45, 7) is 2.13. The molecule has 3 rings (SSSR count). The van der Waals surface area contributed by atoms with Gasteiger partial charge in [-0.15, -0.1) is 11.8 Å². The van der Waals surface area contributed by atoms with Crippen molar-refractivity contribution in [2.75, 3.05) is 18.8 Å². The number of thioether (sulfide) groups is 1. The smallest absolute Gasteiger partial charge is 0.232 e. The van der Waals surface area contributed by atoms with E-state index in [9.17, 15) is 9.59 Å². The third kappa shape index (κ3) is 6.68. The molecule has 2 aromatic rings. The lowest BCUT2D eigenvalue weighted by atomic mass is 9.92. The second kappa shape index (κ2) is 10.9. The van der Waals surface area contributed by atoms with Gasteiger partial charge in [-0.3, -0.25) is 14.6 Å². The lowest BCUT2D eigenvalue weighted by molar-refractivity contribution is -0.130. The van der Waals surface area contributed by atoms with Crippen LogP contribution in [0.15, 0.2) is 59.8 Å². The number of hydrogen-bond donors (Lipinski definition) is 1. The normalized spacial score (nSPS) is 14.6. The van der Waals surface area contributed by atoms with Gasteiger partial charge in [0.15, 0.2) is 0 Å². The lowest BCUT2D eigenvalue weighted by Gasteiger charge is -2.32. The molecular formula is C22H27N3O2S. The number of carbonyl (C=O) groups is 2. The van der Waals surface area contributed by atoms with Crippen LogP contribution in [0.3, 0.4) is 0 Å². The molecule has 1 aliphatic rings. The number of aromatic nitrogens is 1. The molecule has 0 spiro atoms. The molecule has 0 atom stereocenters. The van der Waals surface area contributed by atoms with Crippen LogP contribution < -0.4 is 5.32 Å². The second-order valence-electron chi connectivity index (χ2n) is 7.10. The molecular weight excluding hydrogens is 370 g/mol. The maximum Gasteiger partial charge on any atom is 0.232 e. The van der Waals surface area contributed by atoms with Gasteiger partial charge in [0.1, 0.15) is 0 Å². The van der Waals surface area contributed by atoms with Gasteiger partial charge in [0.05, 0.1) is 5.75 Å². The number of benzene rings is 1. The average molecular weight is 398 g/mol. The fourth-order valence-corrected chi connectivity index (χ4v) is 4.17. The molecule has 1 N–H and O–H groups in total. The van der Waals surface area contributed by atoms with Crippen LogP contribution in [0.25, 0.3) is 0 Å². The first-order valence-electron chi connectivity index (χ1n) is 9.82. The third-order valence-electron chi connectivity index (χ3n) is 5.06. The first kappa shape index (κ1) is 20.4.